The summed E-state index contributed by atoms with van der Waals surface area (Å²) in [5.74, 6) is 1.01. The highest BCUT2D eigenvalue weighted by molar-refractivity contribution is 7.20. The first-order valence-corrected chi connectivity index (χ1v) is 11.0. The van der Waals surface area contributed by atoms with Gasteiger partial charge in [0, 0.05) is 37.8 Å². The van der Waals surface area contributed by atoms with E-state index in [1.54, 1.807) is 13.1 Å². The number of ether oxygens (including phenoxy) is 1. The van der Waals surface area contributed by atoms with Gasteiger partial charge in [0.15, 0.2) is 5.65 Å². The lowest BCUT2D eigenvalue weighted by atomic mass is 9.97. The zero-order valence-corrected chi connectivity index (χ0v) is 17.2. The van der Waals surface area contributed by atoms with Gasteiger partial charge in [-0.1, -0.05) is 23.5 Å². The maximum absolute atomic E-state index is 11.8. The van der Waals surface area contributed by atoms with Gasteiger partial charge >= 0.3 is 0 Å². The van der Waals surface area contributed by atoms with Crippen molar-refractivity contribution in [1.82, 2.24) is 20.2 Å². The Bertz CT molecular complexity index is 972. The van der Waals surface area contributed by atoms with Crippen molar-refractivity contribution >= 4 is 27.6 Å². The molecule has 2 aliphatic rings. The maximum Gasteiger partial charge on any atom is 0.281 e. The summed E-state index contributed by atoms with van der Waals surface area (Å²) in [5, 5.41) is 4.30. The number of carbonyl (C=O) groups excluding carboxylic acids is 1. The second-order valence-corrected chi connectivity index (χ2v) is 8.90. The highest BCUT2D eigenvalue weighted by Gasteiger charge is 2.41. The van der Waals surface area contributed by atoms with Crippen LogP contribution in [0.4, 0.5) is 0 Å². The van der Waals surface area contributed by atoms with Gasteiger partial charge in [-0.05, 0) is 55.5 Å². The quantitative estimate of drug-likeness (QED) is 0.688. The first-order valence-electron chi connectivity index (χ1n) is 10.2. The predicted octanol–water partition coefficient (Wildman–Crippen LogP) is 4.12. The molecule has 0 saturated carbocycles. The summed E-state index contributed by atoms with van der Waals surface area (Å²) in [6.45, 7) is 2.53. The molecule has 150 valence electrons. The van der Waals surface area contributed by atoms with Crippen LogP contribution in [0.5, 0.6) is 10.9 Å². The van der Waals surface area contributed by atoms with E-state index < -0.39 is 0 Å². The van der Waals surface area contributed by atoms with Crippen molar-refractivity contribution in [2.24, 2.45) is 0 Å². The number of pyridine rings is 1. The van der Waals surface area contributed by atoms with Gasteiger partial charge in [-0.2, -0.15) is 4.98 Å². The van der Waals surface area contributed by atoms with Crippen molar-refractivity contribution < 1.29 is 9.53 Å². The van der Waals surface area contributed by atoms with Gasteiger partial charge in [0.05, 0.1) is 4.70 Å². The number of hydrogen-bond donors (Lipinski definition) is 1. The van der Waals surface area contributed by atoms with Crippen molar-refractivity contribution in [1.29, 1.82) is 0 Å². The van der Waals surface area contributed by atoms with Crippen LogP contribution in [-0.4, -0.2) is 38.9 Å². The molecular weight excluding hydrogens is 384 g/mol. The van der Waals surface area contributed by atoms with Gasteiger partial charge < -0.3 is 15.0 Å². The monoisotopic (exact) mass is 408 g/mol. The average molecular weight is 409 g/mol. The van der Waals surface area contributed by atoms with E-state index in [0.717, 1.165) is 48.3 Å². The zero-order chi connectivity index (χ0) is 19.8. The summed E-state index contributed by atoms with van der Waals surface area (Å²) < 4.78 is 6.91. The average Bonchev–Trinajstić information content (AvgIpc) is 3.25. The highest BCUT2D eigenvalue weighted by atomic mass is 32.1. The molecule has 2 bridgehead atoms. The SMILES string of the molecule is CC(=O)N1[C@@H]2CC[C@H]1C[C@@H](NCc1ccc(Oc3nc4ncccc4s3)cc1)C2. The smallest absolute Gasteiger partial charge is 0.281 e. The molecule has 7 heteroatoms. The number of piperidine rings is 1. The Morgan fingerprint density at radius 3 is 2.66 bits per heavy atom. The van der Waals surface area contributed by atoms with Gasteiger partial charge in [-0.25, -0.2) is 4.98 Å². The van der Waals surface area contributed by atoms with Crippen molar-refractivity contribution in [3.63, 3.8) is 0 Å². The molecule has 6 nitrogen and oxygen atoms in total. The van der Waals surface area contributed by atoms with Crippen LogP contribution in [0.25, 0.3) is 10.3 Å². The number of nitrogens with zero attached hydrogens (tertiary/aromatic N) is 3. The lowest BCUT2D eigenvalue weighted by Crippen LogP contribution is -2.50. The topological polar surface area (TPSA) is 67.4 Å². The van der Waals surface area contributed by atoms with E-state index in [0.29, 0.717) is 23.3 Å². The summed E-state index contributed by atoms with van der Waals surface area (Å²) in [6, 6.07) is 13.4. The molecule has 0 radical (unpaired) electrons. The number of thiazole rings is 1. The standard InChI is InChI=1S/C22H24N4O2S/c1-14(27)26-17-6-7-18(26)12-16(11-17)24-13-15-4-8-19(9-5-15)28-22-25-21-20(29-22)3-2-10-23-21/h2-5,8-10,16-18,24H,6-7,11-13H2,1H3/t16-,17+,18-. The summed E-state index contributed by atoms with van der Waals surface area (Å²) in [6.07, 6.45) is 6.15. The third-order valence-corrected chi connectivity index (χ3v) is 6.85. The second-order valence-electron chi connectivity index (χ2n) is 7.91. The number of nitrogens with one attached hydrogen (secondary N) is 1. The molecule has 1 aromatic carbocycles. The molecule has 2 aliphatic heterocycles. The van der Waals surface area contributed by atoms with Crippen LogP contribution in [0.2, 0.25) is 0 Å². The maximum atomic E-state index is 11.8. The van der Waals surface area contributed by atoms with E-state index in [4.69, 9.17) is 4.74 Å². The minimum absolute atomic E-state index is 0.232. The fraction of sp³-hybridized carbons (Fsp3) is 0.409. The van der Waals surface area contributed by atoms with Crippen LogP contribution in [0.15, 0.2) is 42.6 Å². The summed E-state index contributed by atoms with van der Waals surface area (Å²) in [4.78, 5) is 22.6. The fourth-order valence-electron chi connectivity index (χ4n) is 4.69. The molecule has 2 aromatic heterocycles. The molecule has 0 aliphatic carbocycles. The molecule has 4 heterocycles. The predicted molar refractivity (Wildman–Crippen MR) is 113 cm³/mol. The number of hydrogen-bond acceptors (Lipinski definition) is 6. The number of fused-ring (bicyclic) bond motifs is 3. The van der Waals surface area contributed by atoms with Crippen LogP contribution in [-0.2, 0) is 11.3 Å². The lowest BCUT2D eigenvalue weighted by Gasteiger charge is -2.38. The van der Waals surface area contributed by atoms with Gasteiger partial charge in [-0.15, -0.1) is 0 Å². The first kappa shape index (κ1) is 18.5. The normalized spacial score (nSPS) is 23.5. The Kier molecular flexibility index (Phi) is 4.93. The van der Waals surface area contributed by atoms with E-state index in [-0.39, 0.29) is 5.91 Å². The molecule has 29 heavy (non-hydrogen) atoms. The first-order chi connectivity index (χ1) is 14.2. The van der Waals surface area contributed by atoms with Gasteiger partial charge in [0.25, 0.3) is 5.19 Å². The third kappa shape index (κ3) is 3.84. The van der Waals surface area contributed by atoms with Gasteiger partial charge in [0.1, 0.15) is 5.75 Å². The largest absolute Gasteiger partial charge is 0.431 e. The Labute approximate surface area is 173 Å². The molecule has 3 atom stereocenters. The Hall–Kier alpha value is -2.51. The Morgan fingerprint density at radius 2 is 1.97 bits per heavy atom. The molecule has 0 unspecified atom stereocenters. The highest BCUT2D eigenvalue weighted by Crippen LogP contribution is 2.36. The molecule has 5 rings (SSSR count). The van der Waals surface area contributed by atoms with Crippen LogP contribution in [0.1, 0.15) is 38.2 Å². The van der Waals surface area contributed by atoms with E-state index in [1.165, 1.54) is 16.9 Å². The van der Waals surface area contributed by atoms with E-state index in [2.05, 4.69) is 32.3 Å². The van der Waals surface area contributed by atoms with Crippen LogP contribution < -0.4 is 10.1 Å². The number of amides is 1. The molecule has 2 fully saturated rings. The molecule has 3 aromatic rings. The number of benzene rings is 1. The van der Waals surface area contributed by atoms with Crippen LogP contribution in [0.3, 0.4) is 0 Å². The zero-order valence-electron chi connectivity index (χ0n) is 16.4. The number of carbonyl (C=O) groups is 1. The van der Waals surface area contributed by atoms with E-state index in [1.807, 2.05) is 24.3 Å². The molecule has 0 spiro atoms. The van der Waals surface area contributed by atoms with E-state index in [9.17, 15) is 4.79 Å². The van der Waals surface area contributed by atoms with Crippen molar-refractivity contribution in [3.8, 4) is 10.9 Å². The van der Waals surface area contributed by atoms with Crippen molar-refractivity contribution in [2.75, 3.05) is 0 Å². The van der Waals surface area contributed by atoms with Gasteiger partial charge in [-0.3, -0.25) is 4.79 Å². The van der Waals surface area contributed by atoms with Gasteiger partial charge in [0.2, 0.25) is 5.91 Å². The minimum atomic E-state index is 0.232. The Morgan fingerprint density at radius 1 is 1.21 bits per heavy atom. The van der Waals surface area contributed by atoms with Crippen molar-refractivity contribution in [3.05, 3.63) is 48.2 Å². The molecule has 1 N–H and O–H groups in total. The summed E-state index contributed by atoms with van der Waals surface area (Å²) in [5.41, 5.74) is 1.95. The summed E-state index contributed by atoms with van der Waals surface area (Å²) >= 11 is 1.50. The van der Waals surface area contributed by atoms with Crippen LogP contribution >= 0.6 is 11.3 Å². The minimum Gasteiger partial charge on any atom is -0.431 e. The van der Waals surface area contributed by atoms with Crippen molar-refractivity contribution in [2.45, 2.75) is 57.3 Å². The van der Waals surface area contributed by atoms with Crippen LogP contribution in [0, 0.1) is 0 Å². The molecule has 1 amide bonds. The number of aromatic nitrogens is 2. The second kappa shape index (κ2) is 7.72. The molecule has 2 saturated heterocycles. The molecular formula is C22H24N4O2S. The number of rotatable bonds is 5. The Balaban J connectivity index is 1.17. The van der Waals surface area contributed by atoms with E-state index >= 15 is 0 Å². The summed E-state index contributed by atoms with van der Waals surface area (Å²) in [7, 11) is 0. The fourth-order valence-corrected chi connectivity index (χ4v) is 5.48. The lowest BCUT2D eigenvalue weighted by molar-refractivity contribution is -0.133. The third-order valence-electron chi connectivity index (χ3n) is 5.97.